The van der Waals surface area contributed by atoms with Gasteiger partial charge in [-0.3, -0.25) is 14.9 Å². The van der Waals surface area contributed by atoms with Crippen molar-refractivity contribution in [1.82, 2.24) is 5.32 Å². The molecule has 60 valence electrons. The summed E-state index contributed by atoms with van der Waals surface area (Å²) in [4.78, 5) is 21.1. The Hall–Kier alpha value is -1.38. The van der Waals surface area contributed by atoms with Gasteiger partial charge in [-0.05, 0) is 12.5 Å². The molecule has 3 heteroatoms. The summed E-state index contributed by atoms with van der Waals surface area (Å²) in [7, 11) is 0. The van der Waals surface area contributed by atoms with E-state index in [9.17, 15) is 9.59 Å². The topological polar surface area (TPSA) is 46.2 Å². The molecule has 1 N–H and O–H groups in total. The Kier molecular flexibility index (Phi) is 3.88. The molecule has 0 aliphatic carbocycles. The molecule has 0 fully saturated rings. The summed E-state index contributed by atoms with van der Waals surface area (Å²) in [6.45, 7) is 6.48. The van der Waals surface area contributed by atoms with Crippen molar-refractivity contribution in [2.75, 3.05) is 0 Å². The molecular formula is C8H11NO2. The smallest absolute Gasteiger partial charge is 0.250 e. The number of imide groups is 1. The Morgan fingerprint density at radius 3 is 2.27 bits per heavy atom. The van der Waals surface area contributed by atoms with Crippen LogP contribution in [-0.4, -0.2) is 11.8 Å². The van der Waals surface area contributed by atoms with Gasteiger partial charge >= 0.3 is 0 Å². The van der Waals surface area contributed by atoms with E-state index in [4.69, 9.17) is 0 Å². The van der Waals surface area contributed by atoms with E-state index >= 15 is 0 Å². The number of carbonyl (C=O) groups excluding carboxylic acids is 2. The maximum absolute atomic E-state index is 10.8. The summed E-state index contributed by atoms with van der Waals surface area (Å²) in [6.07, 6.45) is 2.86. The van der Waals surface area contributed by atoms with Crippen molar-refractivity contribution in [2.24, 2.45) is 0 Å². The van der Waals surface area contributed by atoms with Gasteiger partial charge in [-0.1, -0.05) is 12.7 Å². The molecule has 0 aromatic rings. The highest BCUT2D eigenvalue weighted by Gasteiger charge is 1.97. The fourth-order valence-electron chi connectivity index (χ4n) is 0.475. The van der Waals surface area contributed by atoms with Gasteiger partial charge in [0.05, 0.1) is 0 Å². The fraction of sp³-hybridized carbons (Fsp3) is 0.250. The molecule has 0 bridgehead atoms. The summed E-state index contributed by atoms with van der Waals surface area (Å²) in [5, 5.41) is 2.11. The van der Waals surface area contributed by atoms with Crippen molar-refractivity contribution in [3.05, 3.63) is 24.3 Å². The Bertz CT molecular complexity index is 216. The van der Waals surface area contributed by atoms with E-state index in [1.165, 1.54) is 13.0 Å². The van der Waals surface area contributed by atoms with Gasteiger partial charge in [0.15, 0.2) is 0 Å². The summed E-state index contributed by atoms with van der Waals surface area (Å²) < 4.78 is 0. The van der Waals surface area contributed by atoms with Crippen LogP contribution < -0.4 is 5.32 Å². The average molecular weight is 153 g/mol. The minimum atomic E-state index is -0.407. The molecule has 3 nitrogen and oxygen atoms in total. The zero-order valence-electron chi connectivity index (χ0n) is 6.68. The Morgan fingerprint density at radius 2 is 1.91 bits per heavy atom. The molecule has 0 rings (SSSR count). The molecule has 0 aliphatic heterocycles. The van der Waals surface area contributed by atoms with E-state index in [-0.39, 0.29) is 5.91 Å². The molecule has 11 heavy (non-hydrogen) atoms. The number of nitrogens with one attached hydrogen (secondary N) is 1. The van der Waals surface area contributed by atoms with E-state index in [1.54, 1.807) is 13.0 Å². The molecule has 0 saturated heterocycles. The van der Waals surface area contributed by atoms with Gasteiger partial charge in [0, 0.05) is 13.0 Å². The van der Waals surface area contributed by atoms with Gasteiger partial charge in [-0.15, -0.1) is 0 Å². The van der Waals surface area contributed by atoms with Gasteiger partial charge < -0.3 is 0 Å². The molecule has 0 aliphatic rings. The largest absolute Gasteiger partial charge is 0.293 e. The number of hydrogen-bond acceptors (Lipinski definition) is 2. The first kappa shape index (κ1) is 9.62. The van der Waals surface area contributed by atoms with Crippen LogP contribution in [0.3, 0.4) is 0 Å². The van der Waals surface area contributed by atoms with Crippen LogP contribution >= 0.6 is 0 Å². The monoisotopic (exact) mass is 153 g/mol. The van der Waals surface area contributed by atoms with Gasteiger partial charge in [0.25, 0.3) is 5.91 Å². The van der Waals surface area contributed by atoms with Crippen LogP contribution in [-0.2, 0) is 9.59 Å². The van der Waals surface area contributed by atoms with Crippen molar-refractivity contribution in [3.8, 4) is 0 Å². The van der Waals surface area contributed by atoms with Crippen molar-refractivity contribution >= 4 is 11.8 Å². The van der Waals surface area contributed by atoms with Crippen LogP contribution in [0, 0.1) is 0 Å². The predicted molar refractivity (Wildman–Crippen MR) is 42.8 cm³/mol. The van der Waals surface area contributed by atoms with Gasteiger partial charge in [-0.25, -0.2) is 0 Å². The first-order chi connectivity index (χ1) is 5.06. The molecule has 0 saturated carbocycles. The van der Waals surface area contributed by atoms with E-state index in [0.29, 0.717) is 0 Å². The van der Waals surface area contributed by atoms with Gasteiger partial charge in [0.1, 0.15) is 0 Å². The average Bonchev–Trinajstić information content (AvgIpc) is 1.85. The van der Waals surface area contributed by atoms with Gasteiger partial charge in [0.2, 0.25) is 5.91 Å². The maximum atomic E-state index is 10.8. The van der Waals surface area contributed by atoms with E-state index in [0.717, 1.165) is 5.57 Å². The van der Waals surface area contributed by atoms with E-state index in [1.807, 2.05) is 0 Å². The lowest BCUT2D eigenvalue weighted by molar-refractivity contribution is -0.126. The number of allylic oxidation sites excluding steroid dienone is 2. The van der Waals surface area contributed by atoms with Crippen LogP contribution in [0.4, 0.5) is 0 Å². The van der Waals surface area contributed by atoms with Gasteiger partial charge in [-0.2, -0.15) is 0 Å². The number of carbonyl (C=O) groups is 2. The lowest BCUT2D eigenvalue weighted by atomic mass is 10.3. The first-order valence-corrected chi connectivity index (χ1v) is 3.18. The lowest BCUT2D eigenvalue weighted by Gasteiger charge is -1.94. The second-order valence-electron chi connectivity index (χ2n) is 2.14. The van der Waals surface area contributed by atoms with Crippen LogP contribution in [0.2, 0.25) is 0 Å². The number of hydrogen-bond donors (Lipinski definition) is 1. The van der Waals surface area contributed by atoms with Crippen LogP contribution in [0.15, 0.2) is 24.3 Å². The third-order valence-corrected chi connectivity index (χ3v) is 0.980. The standard InChI is InChI=1S/C8H11NO2/c1-4-6(2)5-8(11)9-7(3)10/h4-5H,1H2,2-3H3,(H,9,10,11)/b6-5+. The quantitative estimate of drug-likeness (QED) is 0.470. The fourth-order valence-corrected chi connectivity index (χ4v) is 0.475. The summed E-state index contributed by atoms with van der Waals surface area (Å²) in [5.41, 5.74) is 0.726. The highest BCUT2D eigenvalue weighted by Crippen LogP contribution is 1.90. The van der Waals surface area contributed by atoms with Crippen molar-refractivity contribution in [1.29, 1.82) is 0 Å². The summed E-state index contributed by atoms with van der Waals surface area (Å²) in [6, 6.07) is 0. The second kappa shape index (κ2) is 4.44. The third kappa shape index (κ3) is 5.08. The molecule has 2 amide bonds. The Balaban J connectivity index is 4.07. The maximum Gasteiger partial charge on any atom is 0.250 e. The van der Waals surface area contributed by atoms with Crippen LogP contribution in [0.5, 0.6) is 0 Å². The third-order valence-electron chi connectivity index (χ3n) is 0.980. The minimum Gasteiger partial charge on any atom is -0.293 e. The van der Waals surface area contributed by atoms with Crippen molar-refractivity contribution in [2.45, 2.75) is 13.8 Å². The zero-order valence-corrected chi connectivity index (χ0v) is 6.68. The highest BCUT2D eigenvalue weighted by molar-refractivity contribution is 6.00. The molecular weight excluding hydrogens is 142 g/mol. The van der Waals surface area contributed by atoms with Crippen molar-refractivity contribution < 1.29 is 9.59 Å². The Labute approximate surface area is 65.8 Å². The molecule has 0 aromatic heterocycles. The normalized spacial score (nSPS) is 10.5. The summed E-state index contributed by atoms with van der Waals surface area (Å²) >= 11 is 0. The minimum absolute atomic E-state index is 0.358. The first-order valence-electron chi connectivity index (χ1n) is 3.18. The summed E-state index contributed by atoms with van der Waals surface area (Å²) in [5.74, 6) is -0.766. The van der Waals surface area contributed by atoms with E-state index < -0.39 is 5.91 Å². The zero-order chi connectivity index (χ0) is 8.85. The van der Waals surface area contributed by atoms with Crippen LogP contribution in [0.25, 0.3) is 0 Å². The second-order valence-corrected chi connectivity index (χ2v) is 2.14. The SMILES string of the molecule is C=C/C(C)=C/C(=O)NC(C)=O. The molecule has 0 unspecified atom stereocenters. The van der Waals surface area contributed by atoms with E-state index in [2.05, 4.69) is 11.9 Å². The number of amides is 2. The van der Waals surface area contributed by atoms with Crippen LogP contribution in [0.1, 0.15) is 13.8 Å². The lowest BCUT2D eigenvalue weighted by Crippen LogP contribution is -2.26. The molecule has 0 atom stereocenters. The molecule has 0 spiro atoms. The molecule has 0 aromatic carbocycles. The highest BCUT2D eigenvalue weighted by atomic mass is 16.2. The Morgan fingerprint density at radius 1 is 1.36 bits per heavy atom. The number of rotatable bonds is 2. The molecule has 0 heterocycles. The molecule has 0 radical (unpaired) electrons. The predicted octanol–water partition coefficient (Wildman–Crippen LogP) is 0.781. The van der Waals surface area contributed by atoms with Crippen molar-refractivity contribution in [3.63, 3.8) is 0 Å².